The number of thioether (sulfide) groups is 1. The summed E-state index contributed by atoms with van der Waals surface area (Å²) in [5.41, 5.74) is 4.72. The molecule has 0 N–H and O–H groups in total. The van der Waals surface area contributed by atoms with Gasteiger partial charge in [0.15, 0.2) is 17.3 Å². The van der Waals surface area contributed by atoms with Crippen LogP contribution in [0.5, 0.6) is 17.2 Å². The number of hydrogen-bond acceptors (Lipinski definition) is 8. The Morgan fingerprint density at radius 3 is 2.43 bits per heavy atom. The smallest absolute Gasteiger partial charge is 0.315 e. The summed E-state index contributed by atoms with van der Waals surface area (Å²) in [4.78, 5) is 32.8. The topological polar surface area (TPSA) is 83.4 Å². The van der Waals surface area contributed by atoms with Gasteiger partial charge in [-0.2, -0.15) is 11.8 Å². The first-order chi connectivity index (χ1) is 21.4. The van der Waals surface area contributed by atoms with Crippen molar-refractivity contribution in [1.29, 1.82) is 0 Å². The fraction of sp³-hybridized carbons (Fsp3) is 0.361. The van der Waals surface area contributed by atoms with Crippen LogP contribution in [0, 0.1) is 5.92 Å². The monoisotopic (exact) mass is 613 g/mol. The minimum Gasteiger partial charge on any atom is -0.493 e. The van der Waals surface area contributed by atoms with Crippen molar-refractivity contribution in [2.75, 3.05) is 32.3 Å². The van der Waals surface area contributed by atoms with Gasteiger partial charge in [-0.1, -0.05) is 61.5 Å². The largest absolute Gasteiger partial charge is 0.493 e. The van der Waals surface area contributed by atoms with Crippen LogP contribution in [0.2, 0.25) is 0 Å². The highest BCUT2D eigenvalue weighted by molar-refractivity contribution is 7.99. The molecule has 1 unspecified atom stereocenters. The number of nitrogens with zero attached hydrogens (tertiary/aromatic N) is 1. The second-order valence-corrected chi connectivity index (χ2v) is 12.3. The normalized spacial score (nSPS) is 19.6. The van der Waals surface area contributed by atoms with Gasteiger partial charge in [0.25, 0.3) is 0 Å². The van der Waals surface area contributed by atoms with Crippen molar-refractivity contribution in [1.82, 2.24) is 0 Å². The third kappa shape index (κ3) is 6.86. The summed E-state index contributed by atoms with van der Waals surface area (Å²) in [5, 5.41) is 0. The van der Waals surface area contributed by atoms with Gasteiger partial charge in [0.05, 0.1) is 14.2 Å². The second kappa shape index (κ2) is 14.6. The number of methoxy groups -OCH3 is 2. The Labute approximate surface area is 263 Å². The summed E-state index contributed by atoms with van der Waals surface area (Å²) in [5.74, 6) is 1.77. The lowest BCUT2D eigenvalue weighted by Gasteiger charge is -2.37. The Morgan fingerprint density at radius 1 is 0.932 bits per heavy atom. The first-order valence-electron chi connectivity index (χ1n) is 15.0. The van der Waals surface area contributed by atoms with Crippen LogP contribution in [-0.4, -0.2) is 49.8 Å². The molecule has 0 saturated heterocycles. The van der Waals surface area contributed by atoms with Crippen molar-refractivity contribution in [3.8, 4) is 17.2 Å². The van der Waals surface area contributed by atoms with E-state index >= 15 is 0 Å². The second-order valence-electron chi connectivity index (χ2n) is 10.9. The predicted molar refractivity (Wildman–Crippen MR) is 174 cm³/mol. The number of Topliss-reactive ketones (excluding diaryl/α,β-unsaturated/α-hetero) is 1. The van der Waals surface area contributed by atoms with Gasteiger partial charge in [-0.15, -0.1) is 0 Å². The fourth-order valence-corrected chi connectivity index (χ4v) is 6.57. The molecule has 1 heterocycles. The molecule has 0 aromatic heterocycles. The first kappa shape index (κ1) is 31.4. The summed E-state index contributed by atoms with van der Waals surface area (Å²) in [6, 6.07) is 23.4. The van der Waals surface area contributed by atoms with Gasteiger partial charge in [0.1, 0.15) is 24.9 Å². The molecule has 2 aliphatic rings. The van der Waals surface area contributed by atoms with Crippen molar-refractivity contribution >= 4 is 29.2 Å². The summed E-state index contributed by atoms with van der Waals surface area (Å²) < 4.78 is 23.1. The predicted octanol–water partition coefficient (Wildman–Crippen LogP) is 7.15. The Balaban J connectivity index is 1.53. The van der Waals surface area contributed by atoms with Gasteiger partial charge in [-0.05, 0) is 54.3 Å². The van der Waals surface area contributed by atoms with Crippen LogP contribution < -0.4 is 14.2 Å². The minimum atomic E-state index is -0.733. The van der Waals surface area contributed by atoms with E-state index in [1.54, 1.807) is 26.0 Å². The van der Waals surface area contributed by atoms with Crippen LogP contribution in [0.15, 0.2) is 89.1 Å². The van der Waals surface area contributed by atoms with Gasteiger partial charge in [-0.3, -0.25) is 14.6 Å². The summed E-state index contributed by atoms with van der Waals surface area (Å²) in [7, 11) is 3.20. The van der Waals surface area contributed by atoms with Gasteiger partial charge in [0, 0.05) is 40.6 Å². The summed E-state index contributed by atoms with van der Waals surface area (Å²) >= 11 is 1.72. The Kier molecular flexibility index (Phi) is 10.4. The molecule has 3 atom stereocenters. The highest BCUT2D eigenvalue weighted by Crippen LogP contribution is 2.49. The molecule has 230 valence electrons. The van der Waals surface area contributed by atoms with E-state index in [1.165, 1.54) is 0 Å². The molecule has 44 heavy (non-hydrogen) atoms. The third-order valence-electron chi connectivity index (χ3n) is 8.19. The summed E-state index contributed by atoms with van der Waals surface area (Å²) in [6.07, 6.45) is 0.855. The van der Waals surface area contributed by atoms with Crippen molar-refractivity contribution in [2.45, 2.75) is 45.1 Å². The standard InChI is InChI=1S/C36H39NO6S/c1-5-44-18-17-42-36(39)33-23(2)37-28-19-26(25-15-16-31(40-3)32(21-25)41-4)20-29(38)35(28)34(33)27-13-9-10-14-30(27)43-22-24-11-7-6-8-12-24/h6-16,21,26,33-34H,5,17-20,22H2,1-4H3/t26-,33?,34-/m0/s1. The Bertz CT molecular complexity index is 1550. The average molecular weight is 614 g/mol. The molecular weight excluding hydrogens is 574 g/mol. The molecule has 1 aliphatic carbocycles. The maximum Gasteiger partial charge on any atom is 0.315 e. The molecule has 0 saturated carbocycles. The number of allylic oxidation sites excluding steroid dienone is 2. The lowest BCUT2D eigenvalue weighted by atomic mass is 9.69. The summed E-state index contributed by atoms with van der Waals surface area (Å²) in [6.45, 7) is 4.61. The van der Waals surface area contributed by atoms with E-state index in [9.17, 15) is 9.59 Å². The zero-order chi connectivity index (χ0) is 31.1. The lowest BCUT2D eigenvalue weighted by Crippen LogP contribution is -2.38. The average Bonchev–Trinajstić information content (AvgIpc) is 3.05. The zero-order valence-electron chi connectivity index (χ0n) is 25.7. The first-order valence-corrected chi connectivity index (χ1v) is 16.1. The van der Waals surface area contributed by atoms with Crippen LogP contribution in [0.4, 0.5) is 0 Å². The number of para-hydroxylation sites is 1. The van der Waals surface area contributed by atoms with E-state index in [2.05, 4.69) is 6.92 Å². The number of ether oxygens (including phenoxy) is 4. The molecule has 8 heteroatoms. The van der Waals surface area contributed by atoms with E-state index in [0.717, 1.165) is 22.4 Å². The van der Waals surface area contributed by atoms with E-state index < -0.39 is 11.8 Å². The lowest BCUT2D eigenvalue weighted by molar-refractivity contribution is -0.145. The Morgan fingerprint density at radius 2 is 1.68 bits per heavy atom. The maximum absolute atomic E-state index is 14.2. The maximum atomic E-state index is 14.2. The number of esters is 1. The molecule has 7 nitrogen and oxygen atoms in total. The number of benzene rings is 3. The molecule has 0 radical (unpaired) electrons. The van der Waals surface area contributed by atoms with Crippen molar-refractivity contribution in [2.24, 2.45) is 10.9 Å². The number of rotatable bonds is 12. The molecule has 0 amide bonds. The number of hydrogen-bond donors (Lipinski definition) is 0. The van der Waals surface area contributed by atoms with Gasteiger partial charge in [-0.25, -0.2) is 0 Å². The number of aliphatic imine (C=N–C) groups is 1. The Hall–Kier alpha value is -4.04. The molecule has 3 aromatic carbocycles. The molecule has 0 fully saturated rings. The zero-order valence-corrected chi connectivity index (χ0v) is 26.5. The highest BCUT2D eigenvalue weighted by Gasteiger charge is 2.45. The van der Waals surface area contributed by atoms with E-state index in [4.69, 9.17) is 23.9 Å². The van der Waals surface area contributed by atoms with E-state index in [1.807, 2.05) is 79.7 Å². The fourth-order valence-electron chi connectivity index (χ4n) is 6.08. The van der Waals surface area contributed by atoms with Gasteiger partial charge >= 0.3 is 5.97 Å². The number of carbonyl (C=O) groups excluding carboxylic acids is 2. The van der Waals surface area contributed by atoms with Crippen LogP contribution >= 0.6 is 11.8 Å². The van der Waals surface area contributed by atoms with Gasteiger partial charge in [0.2, 0.25) is 0 Å². The SMILES string of the molecule is CCSCCOC(=O)C1C(C)=NC2=C(C(=O)C[C@@H](c3ccc(OC)c(OC)c3)C2)[C@H]1c1ccccc1OCc1ccccc1. The van der Waals surface area contributed by atoms with E-state index in [0.29, 0.717) is 66.0 Å². The van der Waals surface area contributed by atoms with Crippen LogP contribution in [0.25, 0.3) is 0 Å². The molecule has 0 bridgehead atoms. The van der Waals surface area contributed by atoms with Gasteiger partial charge < -0.3 is 18.9 Å². The number of ketones is 1. The van der Waals surface area contributed by atoms with E-state index in [-0.39, 0.29) is 17.7 Å². The third-order valence-corrected chi connectivity index (χ3v) is 9.05. The molecule has 0 spiro atoms. The van der Waals surface area contributed by atoms with Crippen molar-refractivity contribution < 1.29 is 28.5 Å². The molecule has 1 aliphatic heterocycles. The molecule has 5 rings (SSSR count). The van der Waals surface area contributed by atoms with Crippen LogP contribution in [-0.2, 0) is 20.9 Å². The quantitative estimate of drug-likeness (QED) is 0.158. The van der Waals surface area contributed by atoms with Crippen molar-refractivity contribution in [3.05, 3.63) is 101 Å². The number of carbonyl (C=O) groups is 2. The van der Waals surface area contributed by atoms with Crippen LogP contribution in [0.1, 0.15) is 55.2 Å². The van der Waals surface area contributed by atoms with Crippen LogP contribution in [0.3, 0.4) is 0 Å². The van der Waals surface area contributed by atoms with Crippen molar-refractivity contribution in [3.63, 3.8) is 0 Å². The minimum absolute atomic E-state index is 0.0236. The molecular formula is C36H39NO6S. The molecule has 3 aromatic rings. The highest BCUT2D eigenvalue weighted by atomic mass is 32.2.